The molecule has 0 unspecified atom stereocenters. The van der Waals surface area contributed by atoms with Gasteiger partial charge >= 0.3 is 6.09 Å². The van der Waals surface area contributed by atoms with E-state index in [1.807, 2.05) is 27.8 Å². The molecule has 0 spiro atoms. The van der Waals surface area contributed by atoms with Gasteiger partial charge in [-0.2, -0.15) is 0 Å². The molecule has 0 radical (unpaired) electrons. The number of piperazine rings is 1. The molecule has 2 aliphatic rings. The van der Waals surface area contributed by atoms with E-state index in [0.717, 1.165) is 0 Å². The number of carbonyl (C=O) groups excluding carboxylic acids is 3. The maximum Gasteiger partial charge on any atom is 0.410 e. The summed E-state index contributed by atoms with van der Waals surface area (Å²) < 4.78 is 5.40. The van der Waals surface area contributed by atoms with Gasteiger partial charge < -0.3 is 9.64 Å². The van der Waals surface area contributed by atoms with Crippen LogP contribution in [0.1, 0.15) is 34.1 Å². The Morgan fingerprint density at radius 1 is 1.24 bits per heavy atom. The van der Waals surface area contributed by atoms with E-state index < -0.39 is 11.5 Å². The summed E-state index contributed by atoms with van der Waals surface area (Å²) in [6.07, 6.45) is -0.0569. The first-order chi connectivity index (χ1) is 9.60. The maximum atomic E-state index is 12.2. The van der Waals surface area contributed by atoms with Crippen molar-refractivity contribution in [1.29, 1.82) is 0 Å². The summed E-state index contributed by atoms with van der Waals surface area (Å²) in [6, 6.07) is -0.269. The van der Waals surface area contributed by atoms with Crippen LogP contribution in [0.5, 0.6) is 0 Å². The minimum Gasteiger partial charge on any atom is -0.444 e. The van der Waals surface area contributed by atoms with Crippen molar-refractivity contribution in [3.05, 3.63) is 0 Å². The number of Topliss-reactive ketones (excluding diaryl/α,β-unsaturated/α-hetero) is 2. The quantitative estimate of drug-likeness (QED) is 0.678. The molecule has 2 bridgehead atoms. The molecule has 0 aliphatic carbocycles. The minimum absolute atomic E-state index is 0.000520. The van der Waals surface area contributed by atoms with Crippen molar-refractivity contribution in [2.45, 2.75) is 51.8 Å². The van der Waals surface area contributed by atoms with Gasteiger partial charge in [0.25, 0.3) is 0 Å². The van der Waals surface area contributed by atoms with Crippen LogP contribution in [0.3, 0.4) is 0 Å². The SMILES string of the molecule is CC(=O)[C@@H]1C(=O)C[C@H]2CN(C(=O)OC(C)(C)C)C[C@H]1N2C. The molecule has 3 atom stereocenters. The average Bonchev–Trinajstić information content (AvgIpc) is 2.28. The lowest BCUT2D eigenvalue weighted by Crippen LogP contribution is -2.66. The second-order valence-electron chi connectivity index (χ2n) is 7.03. The number of amides is 1. The van der Waals surface area contributed by atoms with E-state index >= 15 is 0 Å². The highest BCUT2D eigenvalue weighted by Gasteiger charge is 2.48. The number of nitrogens with zero attached hydrogens (tertiary/aromatic N) is 2. The maximum absolute atomic E-state index is 12.2. The summed E-state index contributed by atoms with van der Waals surface area (Å²) in [5, 5.41) is 0. The van der Waals surface area contributed by atoms with Crippen molar-refractivity contribution in [2.75, 3.05) is 20.1 Å². The highest BCUT2D eigenvalue weighted by atomic mass is 16.6. The molecule has 2 aliphatic heterocycles. The zero-order valence-electron chi connectivity index (χ0n) is 13.4. The number of hydrogen-bond acceptors (Lipinski definition) is 5. The van der Waals surface area contributed by atoms with E-state index in [1.54, 1.807) is 4.90 Å². The number of rotatable bonds is 1. The van der Waals surface area contributed by atoms with Gasteiger partial charge in [0.15, 0.2) is 0 Å². The molecule has 2 saturated heterocycles. The minimum atomic E-state index is -0.628. The van der Waals surface area contributed by atoms with Crippen LogP contribution < -0.4 is 0 Å². The van der Waals surface area contributed by atoms with Crippen LogP contribution in [0.25, 0.3) is 0 Å². The Hall–Kier alpha value is -1.43. The van der Waals surface area contributed by atoms with E-state index in [-0.39, 0.29) is 29.7 Å². The fourth-order valence-electron chi connectivity index (χ4n) is 3.18. The lowest BCUT2D eigenvalue weighted by atomic mass is 9.80. The lowest BCUT2D eigenvalue weighted by Gasteiger charge is -2.50. The second kappa shape index (κ2) is 5.40. The molecule has 21 heavy (non-hydrogen) atoms. The molecule has 2 fully saturated rings. The molecule has 0 aromatic heterocycles. The first kappa shape index (κ1) is 15.9. The first-order valence-electron chi connectivity index (χ1n) is 7.33. The van der Waals surface area contributed by atoms with Crippen LogP contribution in [0, 0.1) is 5.92 Å². The standard InChI is InChI=1S/C15H24N2O4/c1-9(18)13-11-8-17(14(20)21-15(2,3)4)7-10(16(11)5)6-12(13)19/h10-11,13H,6-8H2,1-5H3/t10-,11+,13-/m0/s1. The Bertz CT molecular complexity index is 469. The Labute approximate surface area is 125 Å². The van der Waals surface area contributed by atoms with E-state index in [4.69, 9.17) is 4.74 Å². The van der Waals surface area contributed by atoms with Crippen molar-refractivity contribution in [3.63, 3.8) is 0 Å². The van der Waals surface area contributed by atoms with E-state index in [9.17, 15) is 14.4 Å². The molecule has 1 amide bonds. The molecule has 2 heterocycles. The molecule has 6 nitrogen and oxygen atoms in total. The van der Waals surface area contributed by atoms with Gasteiger partial charge in [-0.05, 0) is 34.7 Å². The molecule has 0 saturated carbocycles. The van der Waals surface area contributed by atoms with E-state index in [2.05, 4.69) is 4.90 Å². The number of likely N-dealkylation sites (tertiary alicyclic amines) is 1. The molecule has 0 aromatic rings. The van der Waals surface area contributed by atoms with Gasteiger partial charge in [-0.25, -0.2) is 4.79 Å². The smallest absolute Gasteiger partial charge is 0.410 e. The number of ether oxygens (including phenoxy) is 1. The van der Waals surface area contributed by atoms with E-state index in [0.29, 0.717) is 19.5 Å². The molecule has 118 valence electrons. The van der Waals surface area contributed by atoms with Crippen LogP contribution in [0.4, 0.5) is 4.79 Å². The van der Waals surface area contributed by atoms with Crippen LogP contribution in [-0.4, -0.2) is 65.3 Å². The Kier molecular flexibility index (Phi) is 4.10. The highest BCUT2D eigenvalue weighted by Crippen LogP contribution is 2.30. The zero-order chi connectivity index (χ0) is 15.9. The van der Waals surface area contributed by atoms with Crippen molar-refractivity contribution in [2.24, 2.45) is 5.92 Å². The fourth-order valence-corrected chi connectivity index (χ4v) is 3.18. The van der Waals surface area contributed by atoms with Gasteiger partial charge in [0.1, 0.15) is 17.2 Å². The molecule has 6 heteroatoms. The predicted octanol–water partition coefficient (Wildman–Crippen LogP) is 1.08. The number of hydrogen-bond donors (Lipinski definition) is 0. The van der Waals surface area contributed by atoms with Gasteiger partial charge in [0, 0.05) is 31.6 Å². The molecular weight excluding hydrogens is 272 g/mol. The third kappa shape index (κ3) is 3.26. The normalized spacial score (nSPS) is 30.2. The van der Waals surface area contributed by atoms with E-state index in [1.165, 1.54) is 6.92 Å². The Balaban J connectivity index is 2.16. The van der Waals surface area contributed by atoms with Crippen molar-refractivity contribution in [1.82, 2.24) is 9.80 Å². The lowest BCUT2D eigenvalue weighted by molar-refractivity contribution is -0.143. The summed E-state index contributed by atoms with van der Waals surface area (Å²) in [6.45, 7) is 7.75. The second-order valence-corrected chi connectivity index (χ2v) is 7.03. The van der Waals surface area contributed by atoms with Gasteiger partial charge in [-0.15, -0.1) is 0 Å². The zero-order valence-corrected chi connectivity index (χ0v) is 13.4. The van der Waals surface area contributed by atoms with Crippen molar-refractivity contribution in [3.8, 4) is 0 Å². The summed E-state index contributed by atoms with van der Waals surface area (Å²) in [5.41, 5.74) is -0.550. The summed E-state index contributed by atoms with van der Waals surface area (Å²) in [7, 11) is 1.92. The number of likely N-dealkylation sites (N-methyl/N-ethyl adjacent to an activating group) is 1. The van der Waals surface area contributed by atoms with Crippen molar-refractivity contribution >= 4 is 17.7 Å². The van der Waals surface area contributed by atoms with Gasteiger partial charge in [0.2, 0.25) is 0 Å². The summed E-state index contributed by atoms with van der Waals surface area (Å²) in [5.74, 6) is -0.753. The molecule has 0 aromatic carbocycles. The predicted molar refractivity (Wildman–Crippen MR) is 76.9 cm³/mol. The Morgan fingerprint density at radius 2 is 1.86 bits per heavy atom. The number of ketones is 2. The van der Waals surface area contributed by atoms with Gasteiger partial charge in [-0.1, -0.05) is 0 Å². The fraction of sp³-hybridized carbons (Fsp3) is 0.800. The monoisotopic (exact) mass is 296 g/mol. The van der Waals surface area contributed by atoms with Crippen LogP contribution in [-0.2, 0) is 14.3 Å². The highest BCUT2D eigenvalue weighted by molar-refractivity contribution is 6.03. The third-order valence-electron chi connectivity index (χ3n) is 4.20. The summed E-state index contributed by atoms with van der Waals surface area (Å²) in [4.78, 5) is 39.8. The Morgan fingerprint density at radius 3 is 2.38 bits per heavy atom. The first-order valence-corrected chi connectivity index (χ1v) is 7.33. The largest absolute Gasteiger partial charge is 0.444 e. The summed E-state index contributed by atoms with van der Waals surface area (Å²) >= 11 is 0. The molecule has 0 N–H and O–H groups in total. The number of piperidine rings is 1. The van der Waals surface area contributed by atoms with Gasteiger partial charge in [-0.3, -0.25) is 14.5 Å². The van der Waals surface area contributed by atoms with Crippen LogP contribution >= 0.6 is 0 Å². The van der Waals surface area contributed by atoms with Crippen molar-refractivity contribution < 1.29 is 19.1 Å². The molecule has 2 rings (SSSR count). The van der Waals surface area contributed by atoms with Gasteiger partial charge in [0.05, 0.1) is 5.92 Å². The molecular formula is C15H24N2O4. The average molecular weight is 296 g/mol. The number of fused-ring (bicyclic) bond motifs is 2. The topological polar surface area (TPSA) is 66.9 Å². The number of carbonyl (C=O) groups is 3. The van der Waals surface area contributed by atoms with Crippen LogP contribution in [0.2, 0.25) is 0 Å². The third-order valence-corrected chi connectivity index (χ3v) is 4.20. The van der Waals surface area contributed by atoms with Crippen LogP contribution in [0.15, 0.2) is 0 Å².